The molecule has 0 amide bonds. The van der Waals surface area contributed by atoms with Gasteiger partial charge < -0.3 is 14.9 Å². The second-order valence-electron chi connectivity index (χ2n) is 3.36. The summed E-state index contributed by atoms with van der Waals surface area (Å²) in [6.07, 6.45) is 1.24. The van der Waals surface area contributed by atoms with E-state index in [9.17, 15) is 9.90 Å². The number of rotatable bonds is 5. The number of nitrogens with two attached hydrogens (primary N) is 1. The predicted molar refractivity (Wildman–Crippen MR) is 56.7 cm³/mol. The Morgan fingerprint density at radius 1 is 1.69 bits per heavy atom. The van der Waals surface area contributed by atoms with Crippen molar-refractivity contribution in [2.24, 2.45) is 10.8 Å². The van der Waals surface area contributed by atoms with Gasteiger partial charge in [-0.05, 0) is 6.42 Å². The van der Waals surface area contributed by atoms with Gasteiger partial charge in [0.25, 0.3) is 0 Å². The second-order valence-corrected chi connectivity index (χ2v) is 3.36. The van der Waals surface area contributed by atoms with Crippen LogP contribution in [0.15, 0.2) is 16.4 Å². The van der Waals surface area contributed by atoms with E-state index >= 15 is 0 Å². The first-order valence-corrected chi connectivity index (χ1v) is 4.80. The van der Waals surface area contributed by atoms with E-state index in [0.717, 1.165) is 0 Å². The van der Waals surface area contributed by atoms with Crippen LogP contribution in [0.1, 0.15) is 12.8 Å². The van der Waals surface area contributed by atoms with Crippen LogP contribution < -0.4 is 5.84 Å². The van der Waals surface area contributed by atoms with Gasteiger partial charge in [0.2, 0.25) is 5.88 Å². The summed E-state index contributed by atoms with van der Waals surface area (Å²) in [6, 6.07) is 0. The molecule has 4 N–H and O–H groups in total. The third kappa shape index (κ3) is 2.94. The van der Waals surface area contributed by atoms with Crippen LogP contribution in [-0.4, -0.2) is 47.3 Å². The predicted octanol–water partition coefficient (Wildman–Crippen LogP) is -0.145. The third-order valence-electron chi connectivity index (χ3n) is 2.17. The Morgan fingerprint density at radius 3 is 2.94 bits per heavy atom. The fraction of sp³-hybridized carbons (Fsp3) is 0.556. The number of aliphatic hydroxyl groups is 1. The van der Waals surface area contributed by atoms with Crippen LogP contribution in [0.4, 0.5) is 0 Å². The highest BCUT2D eigenvalue weighted by Crippen LogP contribution is 2.13. The summed E-state index contributed by atoms with van der Waals surface area (Å²) in [7, 11) is 1.59. The van der Waals surface area contributed by atoms with Crippen LogP contribution >= 0.6 is 0 Å². The lowest BCUT2D eigenvalue weighted by molar-refractivity contribution is -0.133. The van der Waals surface area contributed by atoms with Crippen molar-refractivity contribution in [2.75, 3.05) is 20.3 Å². The maximum atomic E-state index is 10.7. The lowest BCUT2D eigenvalue weighted by Gasteiger charge is -2.24. The fourth-order valence-corrected chi connectivity index (χ4v) is 1.32. The topological polar surface area (TPSA) is 108 Å². The summed E-state index contributed by atoms with van der Waals surface area (Å²) in [6.45, 7) is 0.510. The zero-order valence-electron chi connectivity index (χ0n) is 9.01. The molecule has 16 heavy (non-hydrogen) atoms. The molecule has 0 saturated carbocycles. The Morgan fingerprint density at radius 2 is 2.38 bits per heavy atom. The lowest BCUT2D eigenvalue weighted by Crippen LogP contribution is -2.42. The SMILES string of the molecule is COCCCC1=NC(O)=C(C(=O)O)CN1N. The third-order valence-corrected chi connectivity index (χ3v) is 2.17. The number of aliphatic carboxylic acids is 1. The maximum absolute atomic E-state index is 10.7. The highest BCUT2D eigenvalue weighted by molar-refractivity contribution is 5.92. The number of hydrogen-bond acceptors (Lipinski definition) is 6. The molecule has 0 atom stereocenters. The zero-order valence-corrected chi connectivity index (χ0v) is 9.01. The number of carbonyl (C=O) groups is 1. The fourth-order valence-electron chi connectivity index (χ4n) is 1.32. The minimum absolute atomic E-state index is 0.0486. The normalized spacial score (nSPS) is 16.4. The van der Waals surface area contributed by atoms with Gasteiger partial charge in [0.15, 0.2) is 0 Å². The van der Waals surface area contributed by atoms with Crippen molar-refractivity contribution in [1.82, 2.24) is 5.01 Å². The van der Waals surface area contributed by atoms with Gasteiger partial charge in [-0.2, -0.15) is 4.99 Å². The second kappa shape index (κ2) is 5.47. The number of methoxy groups -OCH3 is 1. The molecule has 0 saturated heterocycles. The molecule has 0 fully saturated rings. The van der Waals surface area contributed by atoms with Crippen LogP contribution in [0, 0.1) is 0 Å². The highest BCUT2D eigenvalue weighted by Gasteiger charge is 2.23. The van der Waals surface area contributed by atoms with E-state index in [1.54, 1.807) is 7.11 Å². The van der Waals surface area contributed by atoms with Crippen LogP contribution in [0.5, 0.6) is 0 Å². The summed E-state index contributed by atoms with van der Waals surface area (Å²) in [5.74, 6) is 4.38. The summed E-state index contributed by atoms with van der Waals surface area (Å²) < 4.78 is 4.87. The molecule has 0 radical (unpaired) electrons. The number of hydrogen-bond donors (Lipinski definition) is 3. The van der Waals surface area contributed by atoms with E-state index in [4.69, 9.17) is 15.7 Å². The van der Waals surface area contributed by atoms with E-state index in [-0.39, 0.29) is 12.1 Å². The Hall–Kier alpha value is -1.60. The van der Waals surface area contributed by atoms with Gasteiger partial charge in [-0.15, -0.1) is 0 Å². The number of aliphatic imine (C=N–C) groups is 1. The summed E-state index contributed by atoms with van der Waals surface area (Å²) in [5.41, 5.74) is -0.196. The lowest BCUT2D eigenvalue weighted by atomic mass is 10.2. The van der Waals surface area contributed by atoms with Crippen molar-refractivity contribution in [1.29, 1.82) is 0 Å². The number of ether oxygens (including phenoxy) is 1. The molecule has 1 rings (SSSR count). The largest absolute Gasteiger partial charge is 0.493 e. The van der Waals surface area contributed by atoms with Gasteiger partial charge >= 0.3 is 5.97 Å². The van der Waals surface area contributed by atoms with E-state index < -0.39 is 11.9 Å². The molecule has 0 aliphatic carbocycles. The Labute approximate surface area is 92.8 Å². The van der Waals surface area contributed by atoms with Crippen LogP contribution in [0.3, 0.4) is 0 Å². The molecule has 0 bridgehead atoms. The van der Waals surface area contributed by atoms with E-state index in [0.29, 0.717) is 25.3 Å². The molecule has 90 valence electrons. The standard InChI is InChI=1S/C9H15N3O4/c1-16-4-2-3-7-11-8(13)6(9(14)15)5-12(7)10/h13H,2-5,10H2,1H3,(H,14,15). The molecule has 1 aliphatic rings. The van der Waals surface area contributed by atoms with Gasteiger partial charge in [0, 0.05) is 20.1 Å². The quantitative estimate of drug-likeness (QED) is 0.447. The minimum atomic E-state index is -1.22. The maximum Gasteiger partial charge on any atom is 0.338 e. The number of carboxylic acids is 1. The molecule has 1 heterocycles. The molecule has 0 spiro atoms. The number of carboxylic acid groups (broad SMARTS) is 1. The van der Waals surface area contributed by atoms with Crippen molar-refractivity contribution in [3.63, 3.8) is 0 Å². The van der Waals surface area contributed by atoms with E-state index in [1.807, 2.05) is 0 Å². The van der Waals surface area contributed by atoms with Crippen molar-refractivity contribution in [3.8, 4) is 0 Å². The molecule has 7 nitrogen and oxygen atoms in total. The van der Waals surface area contributed by atoms with Crippen molar-refractivity contribution in [3.05, 3.63) is 11.5 Å². The molecule has 7 heteroatoms. The molecule has 0 aromatic carbocycles. The first-order valence-electron chi connectivity index (χ1n) is 4.80. The summed E-state index contributed by atoms with van der Waals surface area (Å²) >= 11 is 0. The van der Waals surface area contributed by atoms with E-state index in [1.165, 1.54) is 5.01 Å². The van der Waals surface area contributed by atoms with Crippen molar-refractivity contribution in [2.45, 2.75) is 12.8 Å². The molecule has 0 aromatic heterocycles. The van der Waals surface area contributed by atoms with Gasteiger partial charge in [0.1, 0.15) is 11.4 Å². The number of aliphatic hydroxyl groups excluding tert-OH is 1. The minimum Gasteiger partial charge on any atom is -0.493 e. The van der Waals surface area contributed by atoms with Crippen LogP contribution in [-0.2, 0) is 9.53 Å². The molecule has 0 aromatic rings. The number of amidine groups is 1. The smallest absolute Gasteiger partial charge is 0.338 e. The van der Waals surface area contributed by atoms with Crippen molar-refractivity contribution < 1.29 is 19.7 Å². The van der Waals surface area contributed by atoms with E-state index in [2.05, 4.69) is 4.99 Å². The molecule has 1 aliphatic heterocycles. The molecule has 0 unspecified atom stereocenters. The number of hydrazine groups is 1. The first-order chi connectivity index (χ1) is 7.56. The number of nitrogens with zero attached hydrogens (tertiary/aromatic N) is 2. The Kier molecular flexibility index (Phi) is 4.27. The monoisotopic (exact) mass is 229 g/mol. The van der Waals surface area contributed by atoms with Gasteiger partial charge in [-0.25, -0.2) is 10.6 Å². The summed E-state index contributed by atoms with van der Waals surface area (Å²) in [5, 5.41) is 19.3. The zero-order chi connectivity index (χ0) is 12.1. The average molecular weight is 229 g/mol. The Balaban J connectivity index is 2.71. The van der Waals surface area contributed by atoms with Crippen molar-refractivity contribution >= 4 is 11.8 Å². The van der Waals surface area contributed by atoms with Gasteiger partial charge in [-0.3, -0.25) is 5.01 Å². The highest BCUT2D eigenvalue weighted by atomic mass is 16.5. The van der Waals surface area contributed by atoms with Crippen LogP contribution in [0.25, 0.3) is 0 Å². The Bertz CT molecular complexity index is 338. The molecular weight excluding hydrogens is 214 g/mol. The van der Waals surface area contributed by atoms with Gasteiger partial charge in [0.05, 0.1) is 6.54 Å². The summed E-state index contributed by atoms with van der Waals surface area (Å²) in [4.78, 5) is 14.4. The average Bonchev–Trinajstić information content (AvgIpc) is 2.22. The first kappa shape index (κ1) is 12.5. The molecular formula is C9H15N3O4. The van der Waals surface area contributed by atoms with Crippen LogP contribution in [0.2, 0.25) is 0 Å². The van der Waals surface area contributed by atoms with Gasteiger partial charge in [-0.1, -0.05) is 0 Å².